The van der Waals surface area contributed by atoms with Crippen LogP contribution in [0, 0.1) is 12.3 Å². The number of hydrogen-bond acceptors (Lipinski definition) is 2. The molecule has 0 saturated heterocycles. The van der Waals surface area contributed by atoms with E-state index in [4.69, 9.17) is 0 Å². The van der Waals surface area contributed by atoms with E-state index in [1.54, 1.807) is 6.07 Å². The molecule has 0 aliphatic rings. The maximum Gasteiger partial charge on any atom is 0.251 e. The van der Waals surface area contributed by atoms with Crippen LogP contribution < -0.4 is 5.32 Å². The Balaban J connectivity index is 2.70. The van der Waals surface area contributed by atoms with Crippen LogP contribution in [0.3, 0.4) is 0 Å². The highest BCUT2D eigenvalue weighted by molar-refractivity contribution is 9.10. The molecule has 1 aromatic rings. The Morgan fingerprint density at radius 3 is 2.39 bits per heavy atom. The molecule has 0 fully saturated rings. The zero-order valence-corrected chi connectivity index (χ0v) is 12.7. The summed E-state index contributed by atoms with van der Waals surface area (Å²) in [5.41, 5.74) is 1.05. The molecule has 0 atom stereocenters. The molecule has 0 saturated carbocycles. The SMILES string of the molecule is Cc1cc(Br)ccc1C(=O)NCC(=O)C(C)(C)C. The Bertz CT molecular complexity index is 475. The van der Waals surface area contributed by atoms with E-state index in [9.17, 15) is 9.59 Å². The van der Waals surface area contributed by atoms with Gasteiger partial charge in [-0.3, -0.25) is 9.59 Å². The highest BCUT2D eigenvalue weighted by Gasteiger charge is 2.21. The fourth-order valence-corrected chi connectivity index (χ4v) is 1.88. The Morgan fingerprint density at radius 1 is 1.28 bits per heavy atom. The molecule has 1 rings (SSSR count). The summed E-state index contributed by atoms with van der Waals surface area (Å²) in [4.78, 5) is 23.6. The fraction of sp³-hybridized carbons (Fsp3) is 0.429. The summed E-state index contributed by atoms with van der Waals surface area (Å²) in [6.45, 7) is 7.45. The molecular weight excluding hydrogens is 294 g/mol. The number of benzene rings is 1. The van der Waals surface area contributed by atoms with Crippen LogP contribution in [0.5, 0.6) is 0 Å². The van der Waals surface area contributed by atoms with Gasteiger partial charge < -0.3 is 5.32 Å². The standard InChI is InChI=1S/C14H18BrNO2/c1-9-7-10(15)5-6-11(9)13(18)16-8-12(17)14(2,3)4/h5-7H,8H2,1-4H3,(H,16,18). The van der Waals surface area contributed by atoms with E-state index in [1.807, 2.05) is 39.8 Å². The summed E-state index contributed by atoms with van der Waals surface area (Å²) < 4.78 is 0.933. The minimum Gasteiger partial charge on any atom is -0.345 e. The van der Waals surface area contributed by atoms with Crippen molar-refractivity contribution in [3.8, 4) is 0 Å². The van der Waals surface area contributed by atoms with E-state index < -0.39 is 5.41 Å². The lowest BCUT2D eigenvalue weighted by Gasteiger charge is -2.17. The Hall–Kier alpha value is -1.16. The van der Waals surface area contributed by atoms with Crippen LogP contribution >= 0.6 is 15.9 Å². The van der Waals surface area contributed by atoms with Crippen molar-refractivity contribution in [2.75, 3.05) is 6.54 Å². The van der Waals surface area contributed by atoms with Crippen molar-refractivity contribution in [3.63, 3.8) is 0 Å². The lowest BCUT2D eigenvalue weighted by atomic mass is 9.91. The van der Waals surface area contributed by atoms with Crippen LogP contribution in [0.1, 0.15) is 36.7 Å². The summed E-state index contributed by atoms with van der Waals surface area (Å²) in [6.07, 6.45) is 0. The molecule has 1 aromatic carbocycles. The van der Waals surface area contributed by atoms with Crippen LogP contribution in [0.15, 0.2) is 22.7 Å². The molecule has 3 nitrogen and oxygen atoms in total. The molecule has 0 aliphatic carbocycles. The topological polar surface area (TPSA) is 46.2 Å². The van der Waals surface area contributed by atoms with Crippen LogP contribution in [0.2, 0.25) is 0 Å². The summed E-state index contributed by atoms with van der Waals surface area (Å²) in [5, 5.41) is 2.66. The monoisotopic (exact) mass is 311 g/mol. The van der Waals surface area contributed by atoms with E-state index in [0.717, 1.165) is 10.0 Å². The first-order valence-corrected chi connectivity index (χ1v) is 6.59. The highest BCUT2D eigenvalue weighted by atomic mass is 79.9. The number of hydrogen-bond donors (Lipinski definition) is 1. The first kappa shape index (κ1) is 14.9. The van der Waals surface area contributed by atoms with Crippen LogP contribution in [-0.2, 0) is 4.79 Å². The number of aryl methyl sites for hydroxylation is 1. The maximum absolute atomic E-state index is 11.9. The first-order chi connectivity index (χ1) is 8.21. The lowest BCUT2D eigenvalue weighted by molar-refractivity contribution is -0.125. The van der Waals surface area contributed by atoms with Crippen molar-refractivity contribution in [1.82, 2.24) is 5.32 Å². The van der Waals surface area contributed by atoms with E-state index >= 15 is 0 Å². The van der Waals surface area contributed by atoms with Gasteiger partial charge in [-0.15, -0.1) is 0 Å². The molecule has 4 heteroatoms. The van der Waals surface area contributed by atoms with Gasteiger partial charge in [0, 0.05) is 15.5 Å². The van der Waals surface area contributed by atoms with Gasteiger partial charge in [0.25, 0.3) is 5.91 Å². The Morgan fingerprint density at radius 2 is 1.89 bits per heavy atom. The van der Waals surface area contributed by atoms with Crippen LogP contribution in [-0.4, -0.2) is 18.2 Å². The third-order valence-corrected chi connectivity index (χ3v) is 3.17. The normalized spacial score (nSPS) is 11.2. The van der Waals surface area contributed by atoms with Crippen molar-refractivity contribution in [2.45, 2.75) is 27.7 Å². The molecule has 18 heavy (non-hydrogen) atoms. The Kier molecular flexibility index (Phi) is 4.68. The summed E-state index contributed by atoms with van der Waals surface area (Å²) >= 11 is 3.35. The van der Waals surface area contributed by atoms with E-state index in [1.165, 1.54) is 0 Å². The van der Waals surface area contributed by atoms with Gasteiger partial charge in [-0.2, -0.15) is 0 Å². The molecular formula is C14H18BrNO2. The van der Waals surface area contributed by atoms with Gasteiger partial charge in [-0.25, -0.2) is 0 Å². The van der Waals surface area contributed by atoms with E-state index in [-0.39, 0.29) is 18.2 Å². The maximum atomic E-state index is 11.9. The molecule has 0 aliphatic heterocycles. The molecule has 0 radical (unpaired) electrons. The average Bonchev–Trinajstić information content (AvgIpc) is 2.24. The van der Waals surface area contributed by atoms with Gasteiger partial charge in [-0.1, -0.05) is 36.7 Å². The fourth-order valence-electron chi connectivity index (χ4n) is 1.40. The zero-order valence-electron chi connectivity index (χ0n) is 11.1. The molecule has 1 N–H and O–H groups in total. The smallest absolute Gasteiger partial charge is 0.251 e. The number of carbonyl (C=O) groups is 2. The number of carbonyl (C=O) groups excluding carboxylic acids is 2. The molecule has 0 spiro atoms. The van der Waals surface area contributed by atoms with Crippen molar-refractivity contribution in [1.29, 1.82) is 0 Å². The van der Waals surface area contributed by atoms with Crippen molar-refractivity contribution >= 4 is 27.6 Å². The number of amides is 1. The van der Waals surface area contributed by atoms with E-state index in [2.05, 4.69) is 21.2 Å². The van der Waals surface area contributed by atoms with Gasteiger partial charge in [0.05, 0.1) is 6.54 Å². The minimum atomic E-state index is -0.429. The number of Topliss-reactive ketones (excluding diaryl/α,β-unsaturated/α-hetero) is 1. The van der Waals surface area contributed by atoms with Crippen LogP contribution in [0.4, 0.5) is 0 Å². The van der Waals surface area contributed by atoms with Crippen molar-refractivity contribution in [3.05, 3.63) is 33.8 Å². The summed E-state index contributed by atoms with van der Waals surface area (Å²) in [7, 11) is 0. The van der Waals surface area contributed by atoms with Gasteiger partial charge in [0.2, 0.25) is 0 Å². The van der Waals surface area contributed by atoms with Gasteiger partial charge in [0.1, 0.15) is 0 Å². The quantitative estimate of drug-likeness (QED) is 0.932. The molecule has 0 heterocycles. The minimum absolute atomic E-state index is 0.0191. The number of rotatable bonds is 3. The van der Waals surface area contributed by atoms with Crippen molar-refractivity contribution in [2.24, 2.45) is 5.41 Å². The highest BCUT2D eigenvalue weighted by Crippen LogP contribution is 2.16. The molecule has 0 aromatic heterocycles. The summed E-state index contributed by atoms with van der Waals surface area (Å²) in [5.74, 6) is -0.191. The number of halogens is 1. The third-order valence-electron chi connectivity index (χ3n) is 2.68. The largest absolute Gasteiger partial charge is 0.345 e. The van der Waals surface area contributed by atoms with Crippen LogP contribution in [0.25, 0.3) is 0 Å². The lowest BCUT2D eigenvalue weighted by Crippen LogP contribution is -2.35. The predicted molar refractivity (Wildman–Crippen MR) is 75.7 cm³/mol. The van der Waals surface area contributed by atoms with Crippen molar-refractivity contribution < 1.29 is 9.59 Å². The molecule has 0 unspecified atom stereocenters. The second-order valence-electron chi connectivity index (χ2n) is 5.32. The Labute approximate surface area is 116 Å². The van der Waals surface area contributed by atoms with Gasteiger partial charge in [-0.05, 0) is 30.7 Å². The second-order valence-corrected chi connectivity index (χ2v) is 6.23. The van der Waals surface area contributed by atoms with Gasteiger partial charge in [0.15, 0.2) is 5.78 Å². The van der Waals surface area contributed by atoms with E-state index in [0.29, 0.717) is 5.56 Å². The van der Waals surface area contributed by atoms with Gasteiger partial charge >= 0.3 is 0 Å². The predicted octanol–water partition coefficient (Wildman–Crippen LogP) is 3.10. The number of ketones is 1. The molecule has 1 amide bonds. The molecule has 98 valence electrons. The first-order valence-electron chi connectivity index (χ1n) is 5.79. The summed E-state index contributed by atoms with van der Waals surface area (Å²) in [6, 6.07) is 5.43. The average molecular weight is 312 g/mol. The third kappa shape index (κ3) is 3.95. The molecule has 0 bridgehead atoms. The zero-order chi connectivity index (χ0) is 13.9. The number of nitrogens with one attached hydrogen (secondary N) is 1. The second kappa shape index (κ2) is 5.65.